The lowest BCUT2D eigenvalue weighted by Gasteiger charge is -2.22. The van der Waals surface area contributed by atoms with E-state index in [2.05, 4.69) is 44.8 Å². The highest BCUT2D eigenvalue weighted by atomic mass is 79.9. The molecular weight excluding hydrogens is 289 g/mol. The van der Waals surface area contributed by atoms with Crippen molar-refractivity contribution in [1.82, 2.24) is 9.88 Å². The van der Waals surface area contributed by atoms with E-state index in [9.17, 15) is 0 Å². The smallest absolute Gasteiger partial charge is 0.132 e. The van der Waals surface area contributed by atoms with E-state index in [4.69, 9.17) is 11.6 Å². The largest absolute Gasteiger partial charge is 0.358 e. The molecule has 0 atom stereocenters. The zero-order valence-corrected chi connectivity index (χ0v) is 12.2. The van der Waals surface area contributed by atoms with E-state index in [1.54, 1.807) is 6.20 Å². The van der Waals surface area contributed by atoms with Gasteiger partial charge in [-0.2, -0.15) is 0 Å². The molecule has 0 aromatic carbocycles. The van der Waals surface area contributed by atoms with Crippen LogP contribution in [-0.2, 0) is 5.88 Å². The van der Waals surface area contributed by atoms with Crippen LogP contribution in [0, 0.1) is 0 Å². The van der Waals surface area contributed by atoms with Crippen LogP contribution in [0.15, 0.2) is 16.7 Å². The molecule has 0 N–H and O–H groups in total. The normalized spacial score (nSPS) is 10.9. The molecule has 1 aromatic heterocycles. The van der Waals surface area contributed by atoms with Gasteiger partial charge in [0.1, 0.15) is 5.82 Å². The number of rotatable bonds is 5. The molecule has 90 valence electrons. The van der Waals surface area contributed by atoms with Gasteiger partial charge in [-0.1, -0.05) is 0 Å². The zero-order chi connectivity index (χ0) is 12.1. The van der Waals surface area contributed by atoms with Gasteiger partial charge >= 0.3 is 0 Å². The van der Waals surface area contributed by atoms with Gasteiger partial charge in [0, 0.05) is 36.4 Å². The second kappa shape index (κ2) is 6.42. The second-order valence-corrected chi connectivity index (χ2v) is 5.18. The number of alkyl halides is 1. The van der Waals surface area contributed by atoms with Crippen LogP contribution in [0.25, 0.3) is 0 Å². The van der Waals surface area contributed by atoms with Crippen LogP contribution in [-0.4, -0.2) is 44.1 Å². The van der Waals surface area contributed by atoms with Gasteiger partial charge in [0.05, 0.1) is 5.88 Å². The summed E-state index contributed by atoms with van der Waals surface area (Å²) >= 11 is 9.31. The van der Waals surface area contributed by atoms with E-state index in [1.165, 1.54) is 0 Å². The molecule has 0 saturated carbocycles. The Kier molecular flexibility index (Phi) is 5.52. The number of anilines is 1. The topological polar surface area (TPSA) is 19.4 Å². The lowest BCUT2D eigenvalue weighted by Crippen LogP contribution is -2.29. The zero-order valence-electron chi connectivity index (χ0n) is 9.87. The summed E-state index contributed by atoms with van der Waals surface area (Å²) in [4.78, 5) is 8.68. The molecule has 0 unspecified atom stereocenters. The summed E-state index contributed by atoms with van der Waals surface area (Å²) in [7, 11) is 6.16. The summed E-state index contributed by atoms with van der Waals surface area (Å²) in [6, 6.07) is 2.02. The van der Waals surface area contributed by atoms with E-state index in [0.717, 1.165) is 28.9 Å². The number of likely N-dealkylation sites (N-methyl/N-ethyl adjacent to an activating group) is 2. The average Bonchev–Trinajstić information content (AvgIpc) is 2.25. The van der Waals surface area contributed by atoms with Crippen molar-refractivity contribution in [3.8, 4) is 0 Å². The third kappa shape index (κ3) is 3.92. The molecule has 0 amide bonds. The van der Waals surface area contributed by atoms with E-state index >= 15 is 0 Å². The van der Waals surface area contributed by atoms with Crippen LogP contribution in [0.2, 0.25) is 0 Å². The SMILES string of the molecule is CN(C)CCN(C)c1ncc(Br)cc1CCl. The average molecular weight is 307 g/mol. The predicted octanol–water partition coefficient (Wildman–Crippen LogP) is 2.58. The molecule has 1 aromatic rings. The first-order valence-electron chi connectivity index (χ1n) is 5.11. The van der Waals surface area contributed by atoms with Crippen molar-refractivity contribution in [2.45, 2.75) is 5.88 Å². The molecule has 16 heavy (non-hydrogen) atoms. The van der Waals surface area contributed by atoms with Gasteiger partial charge in [0.15, 0.2) is 0 Å². The van der Waals surface area contributed by atoms with Gasteiger partial charge in [0.2, 0.25) is 0 Å². The Hall–Kier alpha value is -0.320. The van der Waals surface area contributed by atoms with Gasteiger partial charge in [-0.05, 0) is 36.1 Å². The second-order valence-electron chi connectivity index (χ2n) is 3.99. The van der Waals surface area contributed by atoms with E-state index in [0.29, 0.717) is 5.88 Å². The standard InChI is InChI=1S/C11H17BrClN3/c1-15(2)4-5-16(3)11-9(7-13)6-10(12)8-14-11/h6,8H,4-5,7H2,1-3H3. The molecule has 0 aliphatic heterocycles. The van der Waals surface area contributed by atoms with Gasteiger partial charge in [-0.3, -0.25) is 0 Å². The van der Waals surface area contributed by atoms with Crippen LogP contribution < -0.4 is 4.90 Å². The summed E-state index contributed by atoms with van der Waals surface area (Å²) < 4.78 is 0.966. The van der Waals surface area contributed by atoms with Crippen LogP contribution in [0.4, 0.5) is 5.82 Å². The minimum Gasteiger partial charge on any atom is -0.358 e. The van der Waals surface area contributed by atoms with Crippen molar-refractivity contribution in [2.75, 3.05) is 39.1 Å². The highest BCUT2D eigenvalue weighted by molar-refractivity contribution is 9.10. The minimum atomic E-state index is 0.480. The summed E-state index contributed by atoms with van der Waals surface area (Å²) in [5.74, 6) is 1.44. The number of aromatic nitrogens is 1. The molecule has 0 spiro atoms. The number of hydrogen-bond donors (Lipinski definition) is 0. The van der Waals surface area contributed by atoms with E-state index < -0.39 is 0 Å². The first-order chi connectivity index (χ1) is 7.54. The Morgan fingerprint density at radius 2 is 2.00 bits per heavy atom. The van der Waals surface area contributed by atoms with Gasteiger partial charge in [0.25, 0.3) is 0 Å². The van der Waals surface area contributed by atoms with E-state index in [1.807, 2.05) is 13.1 Å². The quantitative estimate of drug-likeness (QED) is 0.780. The van der Waals surface area contributed by atoms with Crippen molar-refractivity contribution in [3.63, 3.8) is 0 Å². The Morgan fingerprint density at radius 3 is 2.56 bits per heavy atom. The van der Waals surface area contributed by atoms with Crippen molar-refractivity contribution in [1.29, 1.82) is 0 Å². The number of pyridine rings is 1. The number of hydrogen-bond acceptors (Lipinski definition) is 3. The Balaban J connectivity index is 2.77. The van der Waals surface area contributed by atoms with Crippen LogP contribution >= 0.6 is 27.5 Å². The molecule has 1 rings (SSSR count). The fraction of sp³-hybridized carbons (Fsp3) is 0.545. The maximum absolute atomic E-state index is 5.91. The molecule has 0 fully saturated rings. The third-order valence-corrected chi connectivity index (χ3v) is 3.02. The maximum Gasteiger partial charge on any atom is 0.132 e. The third-order valence-electron chi connectivity index (χ3n) is 2.30. The molecule has 1 heterocycles. The molecule has 0 aliphatic carbocycles. The fourth-order valence-electron chi connectivity index (χ4n) is 1.37. The predicted molar refractivity (Wildman–Crippen MR) is 73.3 cm³/mol. The fourth-order valence-corrected chi connectivity index (χ4v) is 1.95. The lowest BCUT2D eigenvalue weighted by molar-refractivity contribution is 0.416. The molecule has 0 saturated heterocycles. The molecule has 0 radical (unpaired) electrons. The summed E-state index contributed by atoms with van der Waals surface area (Å²) in [5.41, 5.74) is 1.05. The number of halogens is 2. The Bertz CT molecular complexity index is 344. The van der Waals surface area contributed by atoms with Gasteiger partial charge in [-0.15, -0.1) is 11.6 Å². The van der Waals surface area contributed by atoms with Crippen LogP contribution in [0.1, 0.15) is 5.56 Å². The lowest BCUT2D eigenvalue weighted by atomic mass is 10.2. The number of nitrogens with zero attached hydrogens (tertiary/aromatic N) is 3. The summed E-state index contributed by atoms with van der Waals surface area (Å²) in [6.45, 7) is 1.93. The van der Waals surface area contributed by atoms with Gasteiger partial charge in [-0.25, -0.2) is 4.98 Å². The summed E-state index contributed by atoms with van der Waals surface area (Å²) in [5, 5.41) is 0. The van der Waals surface area contributed by atoms with Crippen LogP contribution in [0.5, 0.6) is 0 Å². The molecule has 3 nitrogen and oxygen atoms in total. The first kappa shape index (κ1) is 13.7. The van der Waals surface area contributed by atoms with Crippen molar-refractivity contribution in [3.05, 3.63) is 22.3 Å². The highest BCUT2D eigenvalue weighted by Gasteiger charge is 2.09. The Labute approximate surface area is 111 Å². The van der Waals surface area contributed by atoms with Crippen molar-refractivity contribution in [2.24, 2.45) is 0 Å². The molecule has 0 bridgehead atoms. The Morgan fingerprint density at radius 1 is 1.31 bits per heavy atom. The van der Waals surface area contributed by atoms with E-state index in [-0.39, 0.29) is 0 Å². The van der Waals surface area contributed by atoms with Crippen LogP contribution in [0.3, 0.4) is 0 Å². The highest BCUT2D eigenvalue weighted by Crippen LogP contribution is 2.22. The monoisotopic (exact) mass is 305 g/mol. The van der Waals surface area contributed by atoms with Gasteiger partial charge < -0.3 is 9.80 Å². The first-order valence-corrected chi connectivity index (χ1v) is 6.43. The molecule has 5 heteroatoms. The maximum atomic E-state index is 5.91. The minimum absolute atomic E-state index is 0.480. The molecular formula is C11H17BrClN3. The molecule has 0 aliphatic rings. The summed E-state index contributed by atoms with van der Waals surface area (Å²) in [6.07, 6.45) is 1.80. The van der Waals surface area contributed by atoms with Crippen molar-refractivity contribution >= 4 is 33.3 Å². The van der Waals surface area contributed by atoms with Crippen molar-refractivity contribution < 1.29 is 0 Å².